The number of rotatable bonds is 2. The minimum absolute atomic E-state index is 0.196. The third kappa shape index (κ3) is 1.91. The molecule has 1 unspecified atom stereocenters. The average Bonchev–Trinajstić information content (AvgIpc) is 2.31. The quantitative estimate of drug-likeness (QED) is 0.896. The zero-order chi connectivity index (χ0) is 11.6. The molecule has 88 valence electrons. The fourth-order valence-corrected chi connectivity index (χ4v) is 2.87. The van der Waals surface area contributed by atoms with Gasteiger partial charge in [-0.2, -0.15) is 0 Å². The molecule has 1 atom stereocenters. The molecular weight excluding hydrogens is 268 g/mol. The van der Waals surface area contributed by atoms with Gasteiger partial charge < -0.3 is 10.5 Å². The summed E-state index contributed by atoms with van der Waals surface area (Å²) in [4.78, 5) is 2.29. The first kappa shape index (κ1) is 12.0. The second-order valence-corrected chi connectivity index (χ2v) is 5.04. The first-order valence-electron chi connectivity index (χ1n) is 5.45. The van der Waals surface area contributed by atoms with E-state index in [0.717, 1.165) is 17.6 Å². The fourth-order valence-electron chi connectivity index (χ4n) is 2.21. The van der Waals surface area contributed by atoms with Gasteiger partial charge in [-0.1, -0.05) is 34.1 Å². The molecule has 2 N–H and O–H groups in total. The predicted octanol–water partition coefficient (Wildman–Crippen LogP) is 1.57. The molecule has 0 spiro atoms. The molecule has 1 saturated heterocycles. The lowest BCUT2D eigenvalue weighted by Gasteiger charge is -2.45. The van der Waals surface area contributed by atoms with Crippen molar-refractivity contribution in [3.05, 3.63) is 34.3 Å². The molecule has 0 amide bonds. The molecule has 0 aromatic heterocycles. The lowest BCUT2D eigenvalue weighted by Crippen LogP contribution is -2.57. The Balaban J connectivity index is 2.44. The minimum Gasteiger partial charge on any atom is -0.378 e. The van der Waals surface area contributed by atoms with E-state index in [1.165, 1.54) is 5.56 Å². The molecule has 0 aliphatic carbocycles. The summed E-state index contributed by atoms with van der Waals surface area (Å²) in [5.41, 5.74) is 7.00. The molecule has 1 aliphatic rings. The SMILES string of the molecule is CN1CCOCC1(CN)c1ccccc1Br. The molecule has 0 bridgehead atoms. The van der Waals surface area contributed by atoms with Crippen molar-refractivity contribution in [3.63, 3.8) is 0 Å². The lowest BCUT2D eigenvalue weighted by molar-refractivity contribution is -0.0552. The number of hydrogen-bond donors (Lipinski definition) is 1. The second kappa shape index (κ2) is 4.84. The highest BCUT2D eigenvalue weighted by atomic mass is 79.9. The first-order chi connectivity index (χ1) is 7.70. The maximum Gasteiger partial charge on any atom is 0.0830 e. The first-order valence-corrected chi connectivity index (χ1v) is 6.24. The third-order valence-electron chi connectivity index (χ3n) is 3.36. The Morgan fingerprint density at radius 3 is 2.88 bits per heavy atom. The predicted molar refractivity (Wildman–Crippen MR) is 68.3 cm³/mol. The highest BCUT2D eigenvalue weighted by molar-refractivity contribution is 9.10. The van der Waals surface area contributed by atoms with Gasteiger partial charge in [0.25, 0.3) is 0 Å². The summed E-state index contributed by atoms with van der Waals surface area (Å²) in [5, 5.41) is 0. The Morgan fingerprint density at radius 2 is 2.25 bits per heavy atom. The average molecular weight is 285 g/mol. The molecule has 16 heavy (non-hydrogen) atoms. The molecule has 4 heteroatoms. The van der Waals surface area contributed by atoms with Crippen LogP contribution in [0.15, 0.2) is 28.7 Å². The van der Waals surface area contributed by atoms with E-state index in [4.69, 9.17) is 10.5 Å². The number of nitrogens with two attached hydrogens (primary N) is 1. The Morgan fingerprint density at radius 1 is 1.50 bits per heavy atom. The van der Waals surface area contributed by atoms with Crippen LogP contribution < -0.4 is 5.73 Å². The number of nitrogens with zero attached hydrogens (tertiary/aromatic N) is 1. The van der Waals surface area contributed by atoms with Gasteiger partial charge in [0.1, 0.15) is 0 Å². The van der Waals surface area contributed by atoms with Gasteiger partial charge in [-0.15, -0.1) is 0 Å². The van der Waals surface area contributed by atoms with Gasteiger partial charge in [0, 0.05) is 17.6 Å². The van der Waals surface area contributed by atoms with Crippen LogP contribution in [0.3, 0.4) is 0 Å². The highest BCUT2D eigenvalue weighted by Gasteiger charge is 2.39. The maximum atomic E-state index is 5.99. The van der Waals surface area contributed by atoms with Gasteiger partial charge >= 0.3 is 0 Å². The number of ether oxygens (including phenoxy) is 1. The number of halogens is 1. The standard InChI is InChI=1S/C12H17BrN2O/c1-15-6-7-16-9-12(15,8-14)10-4-2-3-5-11(10)13/h2-5H,6-9,14H2,1H3. The number of benzene rings is 1. The van der Waals surface area contributed by atoms with Crippen LogP contribution in [0.25, 0.3) is 0 Å². The van der Waals surface area contributed by atoms with Gasteiger partial charge in [0.2, 0.25) is 0 Å². The summed E-state index contributed by atoms with van der Waals surface area (Å²) < 4.78 is 6.71. The molecule has 2 rings (SSSR count). The topological polar surface area (TPSA) is 38.5 Å². The molecule has 1 aromatic carbocycles. The highest BCUT2D eigenvalue weighted by Crippen LogP contribution is 2.34. The van der Waals surface area contributed by atoms with Crippen molar-refractivity contribution in [3.8, 4) is 0 Å². The molecular formula is C12H17BrN2O. The van der Waals surface area contributed by atoms with Crippen LogP contribution in [0, 0.1) is 0 Å². The van der Waals surface area contributed by atoms with Gasteiger partial charge in [-0.3, -0.25) is 4.90 Å². The molecule has 1 fully saturated rings. The van der Waals surface area contributed by atoms with Crippen LogP contribution in [0.2, 0.25) is 0 Å². The smallest absolute Gasteiger partial charge is 0.0830 e. The minimum atomic E-state index is -0.196. The largest absolute Gasteiger partial charge is 0.378 e. The molecule has 1 aromatic rings. The summed E-state index contributed by atoms with van der Waals surface area (Å²) in [5.74, 6) is 0. The number of hydrogen-bond acceptors (Lipinski definition) is 3. The molecule has 3 nitrogen and oxygen atoms in total. The summed E-state index contributed by atoms with van der Waals surface area (Å²) >= 11 is 3.60. The maximum absolute atomic E-state index is 5.99. The zero-order valence-electron chi connectivity index (χ0n) is 9.45. The van der Waals surface area contributed by atoms with E-state index in [9.17, 15) is 0 Å². The van der Waals surface area contributed by atoms with Crippen LogP contribution in [0.4, 0.5) is 0 Å². The van der Waals surface area contributed by atoms with E-state index < -0.39 is 0 Å². The van der Waals surface area contributed by atoms with Gasteiger partial charge in [-0.25, -0.2) is 0 Å². The van der Waals surface area contributed by atoms with E-state index in [1.807, 2.05) is 12.1 Å². The van der Waals surface area contributed by atoms with Crippen LogP contribution >= 0.6 is 15.9 Å². The van der Waals surface area contributed by atoms with Crippen molar-refractivity contribution < 1.29 is 4.74 Å². The lowest BCUT2D eigenvalue weighted by atomic mass is 9.88. The van der Waals surface area contributed by atoms with Crippen LogP contribution in [-0.2, 0) is 10.3 Å². The van der Waals surface area contributed by atoms with Crippen molar-refractivity contribution in [1.82, 2.24) is 4.90 Å². The van der Waals surface area contributed by atoms with Crippen LogP contribution in [0.1, 0.15) is 5.56 Å². The third-order valence-corrected chi connectivity index (χ3v) is 4.05. The normalized spacial score (nSPS) is 26.9. The van der Waals surface area contributed by atoms with Crippen LogP contribution in [-0.4, -0.2) is 38.3 Å². The van der Waals surface area contributed by atoms with E-state index >= 15 is 0 Å². The van der Waals surface area contributed by atoms with Gasteiger partial charge in [-0.05, 0) is 18.7 Å². The Kier molecular flexibility index (Phi) is 3.64. The molecule has 1 aliphatic heterocycles. The van der Waals surface area contributed by atoms with Crippen molar-refractivity contribution >= 4 is 15.9 Å². The van der Waals surface area contributed by atoms with E-state index in [1.54, 1.807) is 0 Å². The molecule has 0 radical (unpaired) electrons. The zero-order valence-corrected chi connectivity index (χ0v) is 11.0. The second-order valence-electron chi connectivity index (χ2n) is 4.19. The number of likely N-dealkylation sites (N-methyl/N-ethyl adjacent to an activating group) is 1. The summed E-state index contributed by atoms with van der Waals surface area (Å²) in [6, 6.07) is 8.22. The van der Waals surface area contributed by atoms with Crippen LogP contribution in [0.5, 0.6) is 0 Å². The van der Waals surface area contributed by atoms with Gasteiger partial charge in [0.05, 0.1) is 18.8 Å². The van der Waals surface area contributed by atoms with E-state index in [-0.39, 0.29) is 5.54 Å². The van der Waals surface area contributed by atoms with Crippen molar-refractivity contribution in [2.75, 3.05) is 33.4 Å². The summed E-state index contributed by atoms with van der Waals surface area (Å²) in [6.45, 7) is 2.91. The van der Waals surface area contributed by atoms with Crippen molar-refractivity contribution in [2.24, 2.45) is 5.73 Å². The van der Waals surface area contributed by atoms with Crippen molar-refractivity contribution in [2.45, 2.75) is 5.54 Å². The summed E-state index contributed by atoms with van der Waals surface area (Å²) in [6.07, 6.45) is 0. The molecule has 1 heterocycles. The monoisotopic (exact) mass is 284 g/mol. The van der Waals surface area contributed by atoms with Gasteiger partial charge in [0.15, 0.2) is 0 Å². The van der Waals surface area contributed by atoms with Crippen molar-refractivity contribution in [1.29, 1.82) is 0 Å². The van der Waals surface area contributed by atoms with E-state index in [2.05, 4.69) is 40.0 Å². The van der Waals surface area contributed by atoms with E-state index in [0.29, 0.717) is 13.2 Å². The Labute approximate surface area is 105 Å². The molecule has 0 saturated carbocycles. The Hall–Kier alpha value is -0.420. The Bertz CT molecular complexity index is 372. The fraction of sp³-hybridized carbons (Fsp3) is 0.500. The number of morpholine rings is 1. The summed E-state index contributed by atoms with van der Waals surface area (Å²) in [7, 11) is 2.11.